The van der Waals surface area contributed by atoms with E-state index in [9.17, 15) is 18.3 Å². The van der Waals surface area contributed by atoms with Crippen LogP contribution in [0.25, 0.3) is 11.2 Å². The van der Waals surface area contributed by atoms with Gasteiger partial charge in [-0.25, -0.2) is 22.3 Å². The van der Waals surface area contributed by atoms with Gasteiger partial charge in [0.15, 0.2) is 17.2 Å². The summed E-state index contributed by atoms with van der Waals surface area (Å²) in [4.78, 5) is 9.05. The lowest BCUT2D eigenvalue weighted by Gasteiger charge is -2.24. The van der Waals surface area contributed by atoms with Crippen LogP contribution in [-0.2, 0) is 11.8 Å². The number of aromatic nitrogens is 4. The van der Waals surface area contributed by atoms with Gasteiger partial charge in [-0.05, 0) is 25.7 Å². The molecule has 0 amide bonds. The summed E-state index contributed by atoms with van der Waals surface area (Å²) < 4.78 is 51.4. The molecule has 1 saturated carbocycles. The molecule has 3 heterocycles. The lowest BCUT2D eigenvalue weighted by Crippen LogP contribution is -2.40. The number of hydrogen-bond acceptors (Lipinski definition) is 6. The van der Waals surface area contributed by atoms with E-state index >= 15 is 0 Å². The first-order valence-electron chi connectivity index (χ1n) is 11.1. The van der Waals surface area contributed by atoms with Crippen LogP contribution >= 0.6 is 0 Å². The monoisotopic (exact) mass is 463 g/mol. The molecular weight excluding hydrogens is 437 g/mol. The van der Waals surface area contributed by atoms with Gasteiger partial charge in [-0.15, -0.1) is 4.98 Å². The quantitative estimate of drug-likeness (QED) is 0.504. The summed E-state index contributed by atoms with van der Waals surface area (Å²) in [6, 6.07) is 1.34. The predicted octanol–water partition coefficient (Wildman–Crippen LogP) is 3.09. The number of rotatable bonds is 5. The number of aryl methyl sites for hydroxylation is 1. The van der Waals surface area contributed by atoms with Gasteiger partial charge in [0.1, 0.15) is 17.7 Å². The largest absolute Gasteiger partial charge is 0.393 e. The highest BCUT2D eigenvalue weighted by Crippen LogP contribution is 2.32. The number of hydrogen-bond donors (Lipinski definition) is 3. The number of nitrogens with zero attached hydrogens (tertiary/aromatic N) is 4. The van der Waals surface area contributed by atoms with Crippen molar-refractivity contribution < 1.29 is 27.6 Å². The molecule has 0 spiro atoms. The van der Waals surface area contributed by atoms with Crippen molar-refractivity contribution in [2.75, 3.05) is 23.8 Å². The average Bonchev–Trinajstić information content (AvgIpc) is 3.42. The predicted molar refractivity (Wildman–Crippen MR) is 115 cm³/mol. The third-order valence-corrected chi connectivity index (χ3v) is 6.40. The molecule has 1 atom stereocenters. The van der Waals surface area contributed by atoms with Crippen LogP contribution in [0.3, 0.4) is 0 Å². The summed E-state index contributed by atoms with van der Waals surface area (Å²) in [5, 5.41) is 15.9. The summed E-state index contributed by atoms with van der Waals surface area (Å²) in [6.45, 7) is 0.994. The molecule has 5 rings (SSSR count). The molecule has 1 aliphatic heterocycles. The molecule has 2 fully saturated rings. The van der Waals surface area contributed by atoms with Gasteiger partial charge in [-0.1, -0.05) is 0 Å². The standard InChI is InChI=1S/C22H25F3N6O2/c1-30-20-18(10-26-21(30)27-13-2-4-15(32)5-3-13)28-22(31(20)14-6-7-33-11-14)29-19-16(24)8-12(23)9-17(19)25/h8-10,13-15,32H,2-7,11H2,1H3,(H,28,29)/p+1. The summed E-state index contributed by atoms with van der Waals surface area (Å²) in [7, 11) is 1.85. The maximum Gasteiger partial charge on any atom is 0.347 e. The van der Waals surface area contributed by atoms with Gasteiger partial charge in [-0.2, -0.15) is 4.98 Å². The van der Waals surface area contributed by atoms with Crippen LogP contribution < -0.4 is 15.2 Å². The van der Waals surface area contributed by atoms with E-state index in [1.54, 1.807) is 6.20 Å². The maximum atomic E-state index is 14.3. The zero-order valence-corrected chi connectivity index (χ0v) is 18.2. The Balaban J connectivity index is 1.56. The van der Waals surface area contributed by atoms with Gasteiger partial charge >= 0.3 is 5.95 Å². The molecule has 1 aromatic carbocycles. The molecule has 11 heteroatoms. The Hall–Kier alpha value is -2.92. The Kier molecular flexibility index (Phi) is 5.83. The van der Waals surface area contributed by atoms with Crippen LogP contribution in [0.15, 0.2) is 18.3 Å². The highest BCUT2D eigenvalue weighted by Gasteiger charge is 2.31. The summed E-state index contributed by atoms with van der Waals surface area (Å²) in [5.74, 6) is -2.22. The lowest BCUT2D eigenvalue weighted by atomic mass is 9.93. The van der Waals surface area contributed by atoms with Gasteiger partial charge in [0.25, 0.3) is 5.95 Å². The second-order valence-electron chi connectivity index (χ2n) is 8.69. The van der Waals surface area contributed by atoms with Crippen LogP contribution in [-0.4, -0.2) is 45.0 Å². The van der Waals surface area contributed by atoms with E-state index in [1.165, 1.54) is 0 Å². The van der Waals surface area contributed by atoms with Gasteiger partial charge in [0.05, 0.1) is 31.8 Å². The first-order valence-corrected chi connectivity index (χ1v) is 11.1. The smallest absolute Gasteiger partial charge is 0.347 e. The number of halogens is 3. The fourth-order valence-electron chi connectivity index (χ4n) is 4.64. The molecule has 0 bridgehead atoms. The number of benzene rings is 1. The number of aliphatic hydroxyl groups is 1. The first-order chi connectivity index (χ1) is 15.9. The third kappa shape index (κ3) is 4.22. The average molecular weight is 463 g/mol. The van der Waals surface area contributed by atoms with Crippen LogP contribution in [0.2, 0.25) is 0 Å². The Morgan fingerprint density at radius 1 is 1.12 bits per heavy atom. The Morgan fingerprint density at radius 2 is 1.85 bits per heavy atom. The molecule has 1 unspecified atom stereocenters. The molecule has 33 heavy (non-hydrogen) atoms. The number of nitrogens with one attached hydrogen (secondary N) is 2. The normalized spacial score (nSPS) is 23.2. The van der Waals surface area contributed by atoms with Crippen molar-refractivity contribution in [1.29, 1.82) is 0 Å². The van der Waals surface area contributed by atoms with Gasteiger partial charge < -0.3 is 15.2 Å². The number of fused-ring (bicyclic) bond motifs is 1. The van der Waals surface area contributed by atoms with Crippen LogP contribution in [0.1, 0.15) is 38.1 Å². The molecule has 2 aromatic heterocycles. The molecule has 8 nitrogen and oxygen atoms in total. The van der Waals surface area contributed by atoms with Crippen molar-refractivity contribution in [2.45, 2.75) is 50.3 Å². The van der Waals surface area contributed by atoms with E-state index in [-0.39, 0.29) is 24.1 Å². The molecule has 1 aliphatic carbocycles. The molecular formula is C22H26F3N6O2+. The number of aliphatic hydroxyl groups excluding tert-OH is 1. The second kappa shape index (κ2) is 8.79. The van der Waals surface area contributed by atoms with Crippen molar-refractivity contribution in [3.63, 3.8) is 0 Å². The van der Waals surface area contributed by atoms with Crippen LogP contribution in [0, 0.1) is 17.5 Å². The van der Waals surface area contributed by atoms with E-state index in [1.807, 2.05) is 16.2 Å². The van der Waals surface area contributed by atoms with Crippen molar-refractivity contribution >= 4 is 28.7 Å². The molecule has 0 radical (unpaired) electrons. The zero-order chi connectivity index (χ0) is 23.1. The molecule has 176 valence electrons. The Bertz CT molecular complexity index is 1150. The lowest BCUT2D eigenvalue weighted by molar-refractivity contribution is -0.636. The van der Waals surface area contributed by atoms with E-state index in [0.717, 1.165) is 25.7 Å². The third-order valence-electron chi connectivity index (χ3n) is 6.40. The Morgan fingerprint density at radius 3 is 2.52 bits per heavy atom. The number of imidazole rings is 1. The molecule has 2 aliphatic rings. The van der Waals surface area contributed by atoms with Gasteiger partial charge in [0.2, 0.25) is 5.65 Å². The summed E-state index contributed by atoms with van der Waals surface area (Å²) >= 11 is 0. The van der Waals surface area contributed by atoms with E-state index in [2.05, 4.69) is 20.6 Å². The van der Waals surface area contributed by atoms with Crippen molar-refractivity contribution in [1.82, 2.24) is 14.5 Å². The first kappa shape index (κ1) is 21.9. The fraction of sp³-hybridized carbons (Fsp3) is 0.500. The number of ether oxygens (including phenoxy) is 1. The molecule has 3 N–H and O–H groups in total. The highest BCUT2D eigenvalue weighted by atomic mass is 19.1. The second-order valence-corrected chi connectivity index (χ2v) is 8.69. The van der Waals surface area contributed by atoms with Crippen molar-refractivity contribution in [3.8, 4) is 0 Å². The Labute approximate surface area is 188 Å². The fourth-order valence-corrected chi connectivity index (χ4v) is 4.64. The maximum absolute atomic E-state index is 14.3. The minimum absolute atomic E-state index is 0.102. The SMILES string of the molecule is C[n+]1c(NC2CCC(O)CC2)ncc2nc(Nc3c(F)cc(F)cc3F)n(C3CCOC3)c21. The van der Waals surface area contributed by atoms with Gasteiger partial charge in [0, 0.05) is 25.2 Å². The van der Waals surface area contributed by atoms with Gasteiger partial charge in [-0.3, -0.25) is 5.32 Å². The topological polar surface area (TPSA) is 88.1 Å². The zero-order valence-electron chi connectivity index (χ0n) is 18.2. The van der Waals surface area contributed by atoms with Crippen molar-refractivity contribution in [2.24, 2.45) is 7.05 Å². The van der Waals surface area contributed by atoms with Crippen molar-refractivity contribution in [3.05, 3.63) is 35.8 Å². The minimum atomic E-state index is -1.04. The van der Waals surface area contributed by atoms with Crippen LogP contribution in [0.5, 0.6) is 0 Å². The molecule has 1 saturated heterocycles. The molecule has 3 aromatic rings. The highest BCUT2D eigenvalue weighted by molar-refractivity contribution is 5.73. The van der Waals surface area contributed by atoms with E-state index in [0.29, 0.717) is 48.9 Å². The summed E-state index contributed by atoms with van der Waals surface area (Å²) in [5.41, 5.74) is 0.783. The number of anilines is 3. The van der Waals surface area contributed by atoms with Crippen LogP contribution in [0.4, 0.5) is 30.8 Å². The summed E-state index contributed by atoms with van der Waals surface area (Å²) in [6.07, 6.45) is 5.23. The van der Waals surface area contributed by atoms with E-state index in [4.69, 9.17) is 4.74 Å². The van der Waals surface area contributed by atoms with E-state index < -0.39 is 23.1 Å². The minimum Gasteiger partial charge on any atom is -0.393 e.